The van der Waals surface area contributed by atoms with Gasteiger partial charge in [0, 0.05) is 7.05 Å². The minimum Gasteiger partial charge on any atom is -0.458 e. The van der Waals surface area contributed by atoms with Crippen molar-refractivity contribution in [3.63, 3.8) is 0 Å². The van der Waals surface area contributed by atoms with E-state index in [0.29, 0.717) is 5.56 Å². The highest BCUT2D eigenvalue weighted by molar-refractivity contribution is 5.89. The fraction of sp³-hybridized carbons (Fsp3) is 0.182. The lowest BCUT2D eigenvalue weighted by molar-refractivity contribution is 0.0550. The van der Waals surface area contributed by atoms with Gasteiger partial charge in [0.25, 0.3) is 0 Å². The molecule has 88 valence electrons. The maximum atomic E-state index is 11.4. The molecule has 0 aliphatic rings. The van der Waals surface area contributed by atoms with Gasteiger partial charge in [-0.05, 0) is 24.3 Å². The molecular formula is C11H15ClN2O2. The second-order valence-corrected chi connectivity index (χ2v) is 3.04. The maximum absolute atomic E-state index is 11.4. The number of carbonyl (C=O) groups is 1. The van der Waals surface area contributed by atoms with Crippen molar-refractivity contribution in [1.82, 2.24) is 0 Å². The molecule has 5 heteroatoms. The molecule has 0 saturated heterocycles. The Morgan fingerprint density at radius 1 is 1.50 bits per heavy atom. The second kappa shape index (κ2) is 6.87. The molecule has 0 aromatic heterocycles. The number of ether oxygens (including phenoxy) is 1. The Hall–Kier alpha value is -1.52. The minimum atomic E-state index is -0.360. The Labute approximate surface area is 101 Å². The monoisotopic (exact) mass is 242 g/mol. The molecule has 0 heterocycles. The summed E-state index contributed by atoms with van der Waals surface area (Å²) in [6.07, 6.45) is 1.53. The fourth-order valence-corrected chi connectivity index (χ4v) is 1.05. The Bertz CT molecular complexity index is 350. The molecule has 1 aromatic rings. The van der Waals surface area contributed by atoms with Gasteiger partial charge in [0.2, 0.25) is 0 Å². The molecule has 0 amide bonds. The molecule has 0 aliphatic carbocycles. The van der Waals surface area contributed by atoms with Gasteiger partial charge in [-0.15, -0.1) is 12.4 Å². The van der Waals surface area contributed by atoms with E-state index in [-0.39, 0.29) is 25.0 Å². The van der Waals surface area contributed by atoms with Crippen molar-refractivity contribution in [2.75, 3.05) is 18.7 Å². The first-order chi connectivity index (χ1) is 7.15. The van der Waals surface area contributed by atoms with E-state index in [1.807, 2.05) is 0 Å². The number of nitrogens with zero attached hydrogens (tertiary/aromatic N) is 1. The van der Waals surface area contributed by atoms with Crippen molar-refractivity contribution in [3.05, 3.63) is 42.5 Å². The SMILES string of the molecule is C=CCOC(=O)c1ccc(N(C)N)cc1.Cl. The summed E-state index contributed by atoms with van der Waals surface area (Å²) in [4.78, 5) is 11.4. The molecular weight excluding hydrogens is 228 g/mol. The summed E-state index contributed by atoms with van der Waals surface area (Å²) < 4.78 is 4.88. The van der Waals surface area contributed by atoms with Crippen molar-refractivity contribution >= 4 is 24.1 Å². The van der Waals surface area contributed by atoms with Gasteiger partial charge in [-0.1, -0.05) is 12.7 Å². The van der Waals surface area contributed by atoms with Gasteiger partial charge >= 0.3 is 5.97 Å². The molecule has 2 N–H and O–H groups in total. The standard InChI is InChI=1S/C11H14N2O2.ClH/c1-3-8-15-11(14)9-4-6-10(7-5-9)13(2)12;/h3-7H,1,8,12H2,2H3;1H. The number of carbonyl (C=O) groups excluding carboxylic acids is 1. The molecule has 0 bridgehead atoms. The predicted octanol–water partition coefficient (Wildman–Crippen LogP) is 1.76. The summed E-state index contributed by atoms with van der Waals surface area (Å²) in [5, 5.41) is 1.47. The van der Waals surface area contributed by atoms with E-state index in [4.69, 9.17) is 10.6 Å². The molecule has 0 saturated carbocycles. The summed E-state index contributed by atoms with van der Waals surface area (Å²) in [6.45, 7) is 3.68. The molecule has 0 radical (unpaired) electrons. The number of rotatable bonds is 4. The molecule has 0 spiro atoms. The fourth-order valence-electron chi connectivity index (χ4n) is 1.05. The number of anilines is 1. The van der Waals surface area contributed by atoms with E-state index in [1.54, 1.807) is 31.3 Å². The summed E-state index contributed by atoms with van der Waals surface area (Å²) in [6, 6.07) is 6.85. The van der Waals surface area contributed by atoms with Crippen LogP contribution in [0.4, 0.5) is 5.69 Å². The molecule has 1 rings (SSSR count). The first-order valence-corrected chi connectivity index (χ1v) is 4.51. The summed E-state index contributed by atoms with van der Waals surface area (Å²) in [5.74, 6) is 5.16. The Morgan fingerprint density at radius 3 is 2.50 bits per heavy atom. The van der Waals surface area contributed by atoms with Crippen molar-refractivity contribution in [2.45, 2.75) is 0 Å². The maximum Gasteiger partial charge on any atom is 0.338 e. The highest BCUT2D eigenvalue weighted by Crippen LogP contribution is 2.11. The van der Waals surface area contributed by atoms with E-state index >= 15 is 0 Å². The van der Waals surface area contributed by atoms with Crippen LogP contribution in [0.3, 0.4) is 0 Å². The van der Waals surface area contributed by atoms with Crippen LogP contribution in [0, 0.1) is 0 Å². The number of benzene rings is 1. The summed E-state index contributed by atoms with van der Waals surface area (Å²) >= 11 is 0. The average Bonchev–Trinajstić information content (AvgIpc) is 2.26. The molecule has 1 aromatic carbocycles. The minimum absolute atomic E-state index is 0. The molecule has 0 fully saturated rings. The normalized spacial score (nSPS) is 8.88. The second-order valence-electron chi connectivity index (χ2n) is 3.04. The zero-order valence-electron chi connectivity index (χ0n) is 9.05. The van der Waals surface area contributed by atoms with E-state index < -0.39 is 0 Å². The molecule has 0 atom stereocenters. The lowest BCUT2D eigenvalue weighted by Gasteiger charge is -2.11. The van der Waals surface area contributed by atoms with Crippen LogP contribution in [0.2, 0.25) is 0 Å². The van der Waals surface area contributed by atoms with E-state index in [0.717, 1.165) is 5.69 Å². The van der Waals surface area contributed by atoms with Crippen LogP contribution in [0.25, 0.3) is 0 Å². The average molecular weight is 243 g/mol. The zero-order valence-corrected chi connectivity index (χ0v) is 9.87. The number of hydrogen-bond acceptors (Lipinski definition) is 4. The third-order valence-corrected chi connectivity index (χ3v) is 1.84. The Morgan fingerprint density at radius 2 is 2.06 bits per heavy atom. The number of nitrogens with two attached hydrogens (primary N) is 1. The highest BCUT2D eigenvalue weighted by Gasteiger charge is 2.05. The largest absolute Gasteiger partial charge is 0.458 e. The van der Waals surface area contributed by atoms with Crippen molar-refractivity contribution in [2.24, 2.45) is 5.84 Å². The van der Waals surface area contributed by atoms with Crippen LogP contribution >= 0.6 is 12.4 Å². The van der Waals surface area contributed by atoms with Crippen LogP contribution in [-0.2, 0) is 4.74 Å². The molecule has 16 heavy (non-hydrogen) atoms. The predicted molar refractivity (Wildman–Crippen MR) is 66.8 cm³/mol. The highest BCUT2D eigenvalue weighted by atomic mass is 35.5. The van der Waals surface area contributed by atoms with Gasteiger partial charge in [-0.3, -0.25) is 0 Å². The van der Waals surface area contributed by atoms with Gasteiger partial charge in [-0.2, -0.15) is 0 Å². The van der Waals surface area contributed by atoms with E-state index in [1.165, 1.54) is 11.1 Å². The van der Waals surface area contributed by atoms with Crippen molar-refractivity contribution in [1.29, 1.82) is 0 Å². The molecule has 0 unspecified atom stereocenters. The third-order valence-electron chi connectivity index (χ3n) is 1.84. The van der Waals surface area contributed by atoms with Gasteiger partial charge < -0.3 is 9.75 Å². The summed E-state index contributed by atoms with van der Waals surface area (Å²) in [5.41, 5.74) is 1.33. The van der Waals surface area contributed by atoms with Crippen LogP contribution < -0.4 is 10.9 Å². The van der Waals surface area contributed by atoms with Gasteiger partial charge in [0.1, 0.15) is 6.61 Å². The number of hydrogen-bond donors (Lipinski definition) is 1. The van der Waals surface area contributed by atoms with Crippen LogP contribution in [-0.4, -0.2) is 19.6 Å². The number of hydrazine groups is 1. The van der Waals surface area contributed by atoms with Crippen molar-refractivity contribution in [3.8, 4) is 0 Å². The molecule has 4 nitrogen and oxygen atoms in total. The van der Waals surface area contributed by atoms with Gasteiger partial charge in [0.15, 0.2) is 0 Å². The number of halogens is 1. The van der Waals surface area contributed by atoms with E-state index in [2.05, 4.69) is 6.58 Å². The Kier molecular flexibility index (Phi) is 6.22. The van der Waals surface area contributed by atoms with Crippen LogP contribution in [0.5, 0.6) is 0 Å². The lowest BCUT2D eigenvalue weighted by atomic mass is 10.2. The smallest absolute Gasteiger partial charge is 0.338 e. The Balaban J connectivity index is 0.00000225. The van der Waals surface area contributed by atoms with Gasteiger partial charge in [-0.25, -0.2) is 10.6 Å². The third kappa shape index (κ3) is 3.92. The zero-order chi connectivity index (χ0) is 11.3. The van der Waals surface area contributed by atoms with Crippen LogP contribution in [0.15, 0.2) is 36.9 Å². The van der Waals surface area contributed by atoms with E-state index in [9.17, 15) is 4.79 Å². The first-order valence-electron chi connectivity index (χ1n) is 4.51. The quantitative estimate of drug-likeness (QED) is 0.378. The number of esters is 1. The van der Waals surface area contributed by atoms with Gasteiger partial charge in [0.05, 0.1) is 11.3 Å². The van der Waals surface area contributed by atoms with Crippen LogP contribution in [0.1, 0.15) is 10.4 Å². The first kappa shape index (κ1) is 14.5. The topological polar surface area (TPSA) is 55.6 Å². The summed E-state index contributed by atoms with van der Waals surface area (Å²) in [7, 11) is 1.73. The van der Waals surface area contributed by atoms with Crippen molar-refractivity contribution < 1.29 is 9.53 Å². The lowest BCUT2D eigenvalue weighted by Crippen LogP contribution is -2.24. The molecule has 0 aliphatic heterocycles.